The normalized spacial score (nSPS) is 9.00. The molecule has 0 aromatic carbocycles. The molecule has 34 valence electrons. The van der Waals surface area contributed by atoms with E-state index in [9.17, 15) is 0 Å². The summed E-state index contributed by atoms with van der Waals surface area (Å²) < 4.78 is 0. The van der Waals surface area contributed by atoms with Gasteiger partial charge in [0.2, 0.25) is 0 Å². The predicted molar refractivity (Wildman–Crippen MR) is 23.3 cm³/mol. The predicted octanol–water partition coefficient (Wildman–Crippen LogP) is 1.69. The second-order valence-corrected chi connectivity index (χ2v) is 5.62. The Balaban J connectivity index is 0. The fraction of sp³-hybridized carbons (Fsp3) is 0. The van der Waals surface area contributed by atoms with Crippen molar-refractivity contribution in [3.63, 3.8) is 0 Å². The molecule has 0 aliphatic heterocycles. The van der Waals surface area contributed by atoms with Gasteiger partial charge in [0.05, 0.1) is 0 Å². The first-order valence-corrected chi connectivity index (χ1v) is 4.96. The molecule has 0 amide bonds. The molecule has 0 aliphatic carbocycles. The van der Waals surface area contributed by atoms with Crippen LogP contribution in [-0.2, 0) is 11.2 Å². The molecule has 0 nitrogen and oxygen atoms in total. The van der Waals surface area contributed by atoms with Gasteiger partial charge in [0, 0.05) is 18.0 Å². The van der Waals surface area contributed by atoms with Gasteiger partial charge in [-0.3, -0.25) is 0 Å². The first kappa shape index (κ1) is 10.0. The summed E-state index contributed by atoms with van der Waals surface area (Å²) in [5.41, 5.74) is 0. The Labute approximate surface area is 59.0 Å². The standard InChI is InChI=1S/As.3ClH.Fe/h;3*1H;/q;;;;+3/p-3. The SMILES string of the molecule is [As].[Cl][Fe]([Cl])[Cl]. The van der Waals surface area contributed by atoms with E-state index in [4.69, 9.17) is 30.3 Å². The zero-order valence-electron chi connectivity index (χ0n) is 1.93. The number of halogens is 3. The van der Waals surface area contributed by atoms with E-state index >= 15 is 0 Å². The van der Waals surface area contributed by atoms with Crippen molar-refractivity contribution >= 4 is 48.2 Å². The van der Waals surface area contributed by atoms with Crippen LogP contribution in [0.25, 0.3) is 0 Å². The van der Waals surface area contributed by atoms with Crippen LogP contribution < -0.4 is 0 Å². The van der Waals surface area contributed by atoms with Gasteiger partial charge in [-0.15, -0.1) is 0 Å². The molecule has 0 unspecified atom stereocenters. The fourth-order valence-corrected chi connectivity index (χ4v) is 0. The molecular weight excluding hydrogens is 237 g/mol. The van der Waals surface area contributed by atoms with Crippen LogP contribution in [0.15, 0.2) is 0 Å². The number of hydrogen-bond donors (Lipinski definition) is 0. The van der Waals surface area contributed by atoms with Crippen molar-refractivity contribution in [2.75, 3.05) is 0 Å². The molecule has 0 aromatic heterocycles. The van der Waals surface area contributed by atoms with Gasteiger partial charge >= 0.3 is 41.5 Å². The second-order valence-electron chi connectivity index (χ2n) is 0.152. The van der Waals surface area contributed by atoms with E-state index in [1.165, 1.54) is 0 Å². The molecule has 0 heterocycles. The zero-order chi connectivity index (χ0) is 3.58. The average molecular weight is 237 g/mol. The minimum absolute atomic E-state index is 0. The van der Waals surface area contributed by atoms with Gasteiger partial charge in [-0.2, -0.15) is 0 Å². The Morgan fingerprint density at radius 3 is 1.00 bits per heavy atom. The van der Waals surface area contributed by atoms with Crippen molar-refractivity contribution in [3.8, 4) is 0 Å². The summed E-state index contributed by atoms with van der Waals surface area (Å²) in [5, 5.41) is 0. The zero-order valence-corrected chi connectivity index (χ0v) is 7.18. The monoisotopic (exact) mass is 236 g/mol. The van der Waals surface area contributed by atoms with Crippen molar-refractivity contribution in [3.05, 3.63) is 0 Å². The van der Waals surface area contributed by atoms with E-state index < -0.39 is 11.2 Å². The van der Waals surface area contributed by atoms with Crippen LogP contribution in [0.3, 0.4) is 0 Å². The number of rotatable bonds is 0. The third-order valence-electron chi connectivity index (χ3n) is 0. The van der Waals surface area contributed by atoms with Crippen molar-refractivity contribution in [2.24, 2.45) is 0 Å². The van der Waals surface area contributed by atoms with Crippen LogP contribution in [0.5, 0.6) is 0 Å². The molecule has 0 aromatic rings. The third-order valence-corrected chi connectivity index (χ3v) is 0. The minimum atomic E-state index is -1.33. The van der Waals surface area contributed by atoms with E-state index in [2.05, 4.69) is 0 Å². The molecule has 0 rings (SSSR count). The van der Waals surface area contributed by atoms with Crippen LogP contribution >= 0.6 is 30.3 Å². The Bertz CT molecular complexity index is 11.6. The molecule has 0 atom stereocenters. The van der Waals surface area contributed by atoms with Gasteiger partial charge in [-0.25, -0.2) is 0 Å². The van der Waals surface area contributed by atoms with E-state index in [0.717, 1.165) is 0 Å². The van der Waals surface area contributed by atoms with E-state index in [-0.39, 0.29) is 18.0 Å². The van der Waals surface area contributed by atoms with Gasteiger partial charge in [-0.1, -0.05) is 0 Å². The summed E-state index contributed by atoms with van der Waals surface area (Å²) in [6.07, 6.45) is 0. The molecule has 0 bridgehead atoms. The first-order valence-electron chi connectivity index (χ1n) is 0.401. The van der Waals surface area contributed by atoms with E-state index in [1.54, 1.807) is 0 Å². The summed E-state index contributed by atoms with van der Waals surface area (Å²) in [6.45, 7) is 0. The Morgan fingerprint density at radius 1 is 1.00 bits per heavy atom. The quantitative estimate of drug-likeness (QED) is 0.562. The Kier molecular flexibility index (Phi) is 11.9. The van der Waals surface area contributed by atoms with Crippen molar-refractivity contribution in [1.29, 1.82) is 0 Å². The van der Waals surface area contributed by atoms with Gasteiger partial charge in [-0.05, 0) is 0 Å². The molecule has 5 heteroatoms. The van der Waals surface area contributed by atoms with Crippen molar-refractivity contribution < 1.29 is 11.2 Å². The molecule has 0 aliphatic rings. The van der Waals surface area contributed by atoms with Crippen molar-refractivity contribution in [1.82, 2.24) is 0 Å². The summed E-state index contributed by atoms with van der Waals surface area (Å²) in [4.78, 5) is 0. The van der Waals surface area contributed by atoms with Crippen LogP contribution in [0.1, 0.15) is 0 Å². The van der Waals surface area contributed by atoms with Gasteiger partial charge in [0.1, 0.15) is 0 Å². The molecule has 3 radical (unpaired) electrons. The fourth-order valence-electron chi connectivity index (χ4n) is 0. The molecule has 0 fully saturated rings. The maximum absolute atomic E-state index is 4.89. The average Bonchev–Trinajstić information content (AvgIpc) is 0.811. The summed E-state index contributed by atoms with van der Waals surface area (Å²) in [6, 6.07) is 0. The van der Waals surface area contributed by atoms with Crippen LogP contribution in [0.4, 0.5) is 0 Å². The molecule has 5 heavy (non-hydrogen) atoms. The first-order chi connectivity index (χ1) is 1.73. The third kappa shape index (κ3) is 24.4. The van der Waals surface area contributed by atoms with Crippen LogP contribution in [0.2, 0.25) is 0 Å². The van der Waals surface area contributed by atoms with E-state index in [0.29, 0.717) is 0 Å². The molecule has 0 spiro atoms. The Hall–Kier alpha value is 1.95. The molecular formula is AsCl3Fe. The van der Waals surface area contributed by atoms with E-state index in [1.807, 2.05) is 0 Å². The maximum atomic E-state index is 4.89. The topological polar surface area (TPSA) is 0 Å². The Morgan fingerprint density at radius 2 is 1.00 bits per heavy atom. The van der Waals surface area contributed by atoms with Crippen molar-refractivity contribution in [2.45, 2.75) is 0 Å². The number of hydrogen-bond acceptors (Lipinski definition) is 0. The van der Waals surface area contributed by atoms with Crippen LogP contribution in [0, 0.1) is 0 Å². The van der Waals surface area contributed by atoms with Gasteiger partial charge in [0.25, 0.3) is 0 Å². The van der Waals surface area contributed by atoms with Gasteiger partial charge in [0.15, 0.2) is 0 Å². The molecule has 0 saturated heterocycles. The molecule has 0 saturated carbocycles. The second kappa shape index (κ2) is 5.95. The van der Waals surface area contributed by atoms with Crippen LogP contribution in [-0.4, -0.2) is 18.0 Å². The van der Waals surface area contributed by atoms with Gasteiger partial charge < -0.3 is 0 Å². The summed E-state index contributed by atoms with van der Waals surface area (Å²) in [7, 11) is 14.7. The summed E-state index contributed by atoms with van der Waals surface area (Å²) >= 11 is -1.33. The molecule has 0 N–H and O–H groups in total. The summed E-state index contributed by atoms with van der Waals surface area (Å²) in [5.74, 6) is 0.